The Balaban J connectivity index is 2.71. The number of benzene rings is 1. The number of halogens is 2. The highest BCUT2D eigenvalue weighted by atomic mass is 19.2. The molecule has 0 fully saturated rings. The molecule has 0 bridgehead atoms. The lowest BCUT2D eigenvalue weighted by Gasteiger charge is -2.17. The minimum atomic E-state index is -0.797. The molecule has 0 heterocycles. The van der Waals surface area contributed by atoms with Crippen LogP contribution in [0.4, 0.5) is 8.78 Å². The highest BCUT2D eigenvalue weighted by Gasteiger charge is 2.13. The predicted molar refractivity (Wildman–Crippen MR) is 65.6 cm³/mol. The third-order valence-corrected chi connectivity index (χ3v) is 2.63. The number of nitrogens with one attached hydrogen (secondary N) is 1. The summed E-state index contributed by atoms with van der Waals surface area (Å²) < 4.78 is 26.5. The first kappa shape index (κ1) is 13.7. The van der Waals surface area contributed by atoms with Crippen molar-refractivity contribution in [3.05, 3.63) is 35.4 Å². The van der Waals surface area contributed by atoms with E-state index in [0.717, 1.165) is 19.0 Å². The summed E-state index contributed by atoms with van der Waals surface area (Å²) in [6, 6.07) is 4.35. The fraction of sp³-hybridized carbons (Fsp3) is 0.429. The highest BCUT2D eigenvalue weighted by molar-refractivity contribution is 5.20. The summed E-state index contributed by atoms with van der Waals surface area (Å²) in [5.41, 5.74) is 0.396. The molecule has 1 aromatic carbocycles. The van der Waals surface area contributed by atoms with E-state index >= 15 is 0 Å². The van der Waals surface area contributed by atoms with E-state index in [1.54, 1.807) is 6.07 Å². The molecule has 1 rings (SSSR count). The van der Waals surface area contributed by atoms with E-state index in [4.69, 9.17) is 6.42 Å². The molecular formula is C14H17F2N. The number of likely N-dealkylation sites (N-methyl/N-ethyl adjacent to an activating group) is 1. The fourth-order valence-electron chi connectivity index (χ4n) is 1.79. The van der Waals surface area contributed by atoms with Crippen LogP contribution in [0, 0.1) is 24.0 Å². The normalized spacial score (nSPS) is 12.1. The van der Waals surface area contributed by atoms with Gasteiger partial charge in [0.05, 0.1) is 0 Å². The molecule has 1 nitrogen and oxygen atoms in total. The summed E-state index contributed by atoms with van der Waals surface area (Å²) in [5, 5.41) is 3.23. The molecule has 0 radical (unpaired) electrons. The van der Waals surface area contributed by atoms with Gasteiger partial charge >= 0.3 is 0 Å². The van der Waals surface area contributed by atoms with Crippen molar-refractivity contribution in [1.29, 1.82) is 0 Å². The molecule has 0 aliphatic heterocycles. The highest BCUT2D eigenvalue weighted by Crippen LogP contribution is 2.14. The Labute approximate surface area is 101 Å². The Kier molecular flexibility index (Phi) is 5.65. The number of hydrogen-bond acceptors (Lipinski definition) is 1. The van der Waals surface area contributed by atoms with Gasteiger partial charge in [-0.15, -0.1) is 12.3 Å². The van der Waals surface area contributed by atoms with Crippen LogP contribution in [0.1, 0.15) is 25.3 Å². The monoisotopic (exact) mass is 237 g/mol. The van der Waals surface area contributed by atoms with Gasteiger partial charge in [0.1, 0.15) is 0 Å². The molecule has 1 atom stereocenters. The van der Waals surface area contributed by atoms with Gasteiger partial charge in [-0.2, -0.15) is 0 Å². The molecule has 0 aliphatic carbocycles. The van der Waals surface area contributed by atoms with Crippen LogP contribution in [0.15, 0.2) is 18.2 Å². The Morgan fingerprint density at radius 3 is 2.82 bits per heavy atom. The van der Waals surface area contributed by atoms with Gasteiger partial charge in [0.25, 0.3) is 0 Å². The van der Waals surface area contributed by atoms with Gasteiger partial charge < -0.3 is 5.32 Å². The van der Waals surface area contributed by atoms with Crippen LogP contribution in [0.25, 0.3) is 0 Å². The lowest BCUT2D eigenvalue weighted by Crippen LogP contribution is -2.31. The van der Waals surface area contributed by atoms with Crippen LogP contribution in [-0.4, -0.2) is 12.6 Å². The molecule has 1 N–H and O–H groups in total. The van der Waals surface area contributed by atoms with Crippen molar-refractivity contribution in [2.75, 3.05) is 6.54 Å². The quantitative estimate of drug-likeness (QED) is 0.750. The van der Waals surface area contributed by atoms with E-state index < -0.39 is 11.6 Å². The molecule has 0 aliphatic rings. The Morgan fingerprint density at radius 1 is 1.41 bits per heavy atom. The summed E-state index contributed by atoms with van der Waals surface area (Å²) in [6.07, 6.45) is 7.06. The lowest BCUT2D eigenvalue weighted by atomic mass is 10.0. The summed E-state index contributed by atoms with van der Waals surface area (Å²) in [4.78, 5) is 0. The molecule has 92 valence electrons. The molecule has 0 aromatic heterocycles. The van der Waals surface area contributed by atoms with Crippen LogP contribution >= 0.6 is 0 Å². The first-order chi connectivity index (χ1) is 8.19. The summed E-state index contributed by atoms with van der Waals surface area (Å²) >= 11 is 0. The maximum absolute atomic E-state index is 13.5. The third kappa shape index (κ3) is 4.16. The van der Waals surface area contributed by atoms with Gasteiger partial charge in [-0.1, -0.05) is 19.1 Å². The van der Waals surface area contributed by atoms with E-state index in [2.05, 4.69) is 11.2 Å². The van der Waals surface area contributed by atoms with E-state index in [1.807, 2.05) is 6.92 Å². The molecule has 0 spiro atoms. The van der Waals surface area contributed by atoms with Crippen LogP contribution < -0.4 is 5.32 Å². The number of hydrogen-bond donors (Lipinski definition) is 1. The summed E-state index contributed by atoms with van der Waals surface area (Å²) in [5.74, 6) is 1.01. The maximum Gasteiger partial charge on any atom is 0.162 e. The second kappa shape index (κ2) is 7.03. The molecule has 0 amide bonds. The largest absolute Gasteiger partial charge is 0.314 e. The first-order valence-electron chi connectivity index (χ1n) is 5.78. The van der Waals surface area contributed by atoms with Gasteiger partial charge in [-0.25, -0.2) is 8.78 Å². The number of terminal acetylenes is 1. The summed E-state index contributed by atoms with van der Waals surface area (Å²) in [6.45, 7) is 2.76. The van der Waals surface area contributed by atoms with Crippen molar-refractivity contribution >= 4 is 0 Å². The van der Waals surface area contributed by atoms with Gasteiger partial charge in [-0.05, 0) is 31.0 Å². The van der Waals surface area contributed by atoms with E-state index in [1.165, 1.54) is 6.07 Å². The van der Waals surface area contributed by atoms with Crippen LogP contribution in [0.5, 0.6) is 0 Å². The molecule has 0 saturated heterocycles. The summed E-state index contributed by atoms with van der Waals surface area (Å²) in [7, 11) is 0. The Bertz CT molecular complexity index is 396. The zero-order valence-electron chi connectivity index (χ0n) is 9.97. The van der Waals surface area contributed by atoms with Crippen molar-refractivity contribution in [2.24, 2.45) is 0 Å². The van der Waals surface area contributed by atoms with Crippen LogP contribution in [0.3, 0.4) is 0 Å². The zero-order valence-corrected chi connectivity index (χ0v) is 9.97. The predicted octanol–water partition coefficient (Wildman–Crippen LogP) is 2.90. The number of rotatable bonds is 6. The molecule has 0 saturated carbocycles. The van der Waals surface area contributed by atoms with E-state index in [-0.39, 0.29) is 6.04 Å². The fourth-order valence-corrected chi connectivity index (χ4v) is 1.79. The Hall–Kier alpha value is -1.40. The van der Waals surface area contributed by atoms with E-state index in [9.17, 15) is 8.78 Å². The first-order valence-corrected chi connectivity index (χ1v) is 5.78. The SMILES string of the molecule is C#CCCC(Cc1cccc(F)c1F)NCC. The third-order valence-electron chi connectivity index (χ3n) is 2.63. The zero-order chi connectivity index (χ0) is 12.7. The van der Waals surface area contributed by atoms with Gasteiger partial charge in [0, 0.05) is 12.5 Å². The lowest BCUT2D eigenvalue weighted by molar-refractivity contribution is 0.464. The second-order valence-corrected chi connectivity index (χ2v) is 3.91. The molecular weight excluding hydrogens is 220 g/mol. The minimum Gasteiger partial charge on any atom is -0.314 e. The minimum absolute atomic E-state index is 0.0901. The molecule has 3 heteroatoms. The van der Waals surface area contributed by atoms with E-state index in [0.29, 0.717) is 18.4 Å². The Morgan fingerprint density at radius 2 is 2.18 bits per heavy atom. The molecule has 1 aromatic rings. The average molecular weight is 237 g/mol. The van der Waals surface area contributed by atoms with Crippen molar-refractivity contribution in [2.45, 2.75) is 32.2 Å². The average Bonchev–Trinajstić information content (AvgIpc) is 2.32. The molecule has 17 heavy (non-hydrogen) atoms. The topological polar surface area (TPSA) is 12.0 Å². The standard InChI is InChI=1S/C14H17F2N/c1-3-5-8-12(17-4-2)10-11-7-6-9-13(15)14(11)16/h1,6-7,9,12,17H,4-5,8,10H2,2H3. The van der Waals surface area contributed by atoms with Gasteiger partial charge in [0.2, 0.25) is 0 Å². The van der Waals surface area contributed by atoms with Crippen molar-refractivity contribution in [1.82, 2.24) is 5.32 Å². The van der Waals surface area contributed by atoms with Crippen molar-refractivity contribution < 1.29 is 8.78 Å². The molecule has 1 unspecified atom stereocenters. The second-order valence-electron chi connectivity index (χ2n) is 3.91. The van der Waals surface area contributed by atoms with Gasteiger partial charge in [0.15, 0.2) is 11.6 Å². The van der Waals surface area contributed by atoms with Crippen LogP contribution in [0.2, 0.25) is 0 Å². The maximum atomic E-state index is 13.5. The van der Waals surface area contributed by atoms with Gasteiger partial charge in [-0.3, -0.25) is 0 Å². The van der Waals surface area contributed by atoms with Crippen LogP contribution in [-0.2, 0) is 6.42 Å². The van der Waals surface area contributed by atoms with Crippen molar-refractivity contribution in [3.8, 4) is 12.3 Å². The van der Waals surface area contributed by atoms with Crippen molar-refractivity contribution in [3.63, 3.8) is 0 Å². The smallest absolute Gasteiger partial charge is 0.162 e.